The van der Waals surface area contributed by atoms with Gasteiger partial charge in [-0.1, -0.05) is 43.2 Å². The summed E-state index contributed by atoms with van der Waals surface area (Å²) in [5.74, 6) is -0.506. The molecule has 4 rings (SSSR count). The fourth-order valence-electron chi connectivity index (χ4n) is 4.56. The summed E-state index contributed by atoms with van der Waals surface area (Å²) in [5, 5.41) is 2.95. The maximum atomic E-state index is 13.1. The number of amides is 2. The molecular weight excluding hydrogens is 438 g/mol. The second-order valence-electron chi connectivity index (χ2n) is 8.73. The van der Waals surface area contributed by atoms with Gasteiger partial charge in [-0.3, -0.25) is 9.59 Å². The average Bonchev–Trinajstić information content (AvgIpc) is 3.14. The van der Waals surface area contributed by atoms with Crippen LogP contribution in [0.1, 0.15) is 48.9 Å². The Balaban J connectivity index is 1.39. The van der Waals surface area contributed by atoms with Crippen molar-refractivity contribution >= 4 is 27.5 Å². The molecule has 0 radical (unpaired) electrons. The minimum atomic E-state index is -3.55. The quantitative estimate of drug-likeness (QED) is 0.723. The molecule has 2 aromatic rings. The molecule has 176 valence electrons. The van der Waals surface area contributed by atoms with E-state index < -0.39 is 10.0 Å². The second-order valence-corrected chi connectivity index (χ2v) is 10.7. The molecule has 0 aliphatic carbocycles. The first-order valence-corrected chi connectivity index (χ1v) is 13.2. The number of anilines is 1. The van der Waals surface area contributed by atoms with E-state index in [-0.39, 0.29) is 22.6 Å². The monoisotopic (exact) mass is 469 g/mol. The second kappa shape index (κ2) is 10.5. The lowest BCUT2D eigenvalue weighted by Gasteiger charge is -2.30. The van der Waals surface area contributed by atoms with E-state index in [0.717, 1.165) is 38.8 Å². The number of piperidine rings is 1. The number of benzene rings is 2. The predicted octanol–water partition coefficient (Wildman–Crippen LogP) is 3.74. The van der Waals surface area contributed by atoms with Gasteiger partial charge in [-0.05, 0) is 49.9 Å². The molecule has 0 atom stereocenters. The van der Waals surface area contributed by atoms with Crippen LogP contribution in [-0.2, 0) is 14.8 Å². The molecule has 2 aliphatic heterocycles. The molecule has 33 heavy (non-hydrogen) atoms. The molecule has 2 aromatic carbocycles. The molecule has 7 nitrogen and oxygen atoms in total. The van der Waals surface area contributed by atoms with Crippen LogP contribution in [0.5, 0.6) is 0 Å². The summed E-state index contributed by atoms with van der Waals surface area (Å²) in [5.41, 5.74) is 1.04. The van der Waals surface area contributed by atoms with Gasteiger partial charge in [0.25, 0.3) is 5.91 Å². The third-order valence-electron chi connectivity index (χ3n) is 6.51. The van der Waals surface area contributed by atoms with E-state index in [2.05, 4.69) is 5.32 Å². The first-order valence-electron chi connectivity index (χ1n) is 11.7. The van der Waals surface area contributed by atoms with Crippen LogP contribution >= 0.6 is 0 Å². The Bertz CT molecular complexity index is 1070. The molecule has 0 aromatic heterocycles. The highest BCUT2D eigenvalue weighted by Crippen LogP contribution is 2.26. The number of sulfonamides is 1. The van der Waals surface area contributed by atoms with Crippen molar-refractivity contribution in [3.8, 4) is 0 Å². The van der Waals surface area contributed by atoms with Crippen LogP contribution in [-0.4, -0.2) is 55.6 Å². The van der Waals surface area contributed by atoms with Gasteiger partial charge >= 0.3 is 0 Å². The van der Waals surface area contributed by atoms with Crippen molar-refractivity contribution in [3.05, 3.63) is 60.2 Å². The summed E-state index contributed by atoms with van der Waals surface area (Å²) in [6.45, 7) is 2.08. The molecule has 0 bridgehead atoms. The van der Waals surface area contributed by atoms with Crippen molar-refractivity contribution in [1.82, 2.24) is 9.21 Å². The number of rotatable bonds is 5. The highest BCUT2D eigenvalue weighted by Gasteiger charge is 2.32. The molecule has 2 fully saturated rings. The Kier molecular flexibility index (Phi) is 7.45. The summed E-state index contributed by atoms with van der Waals surface area (Å²) >= 11 is 0. The van der Waals surface area contributed by atoms with Gasteiger partial charge in [-0.25, -0.2) is 8.42 Å². The molecule has 2 saturated heterocycles. The van der Waals surface area contributed by atoms with E-state index in [0.29, 0.717) is 37.2 Å². The van der Waals surface area contributed by atoms with Gasteiger partial charge in [-0.15, -0.1) is 0 Å². The van der Waals surface area contributed by atoms with Gasteiger partial charge in [0.15, 0.2) is 0 Å². The lowest BCUT2D eigenvalue weighted by atomic mass is 9.97. The van der Waals surface area contributed by atoms with Crippen molar-refractivity contribution in [2.24, 2.45) is 5.92 Å². The Morgan fingerprint density at radius 3 is 2.06 bits per heavy atom. The molecular formula is C25H31N3O4S. The zero-order chi connectivity index (χ0) is 23.3. The summed E-state index contributed by atoms with van der Waals surface area (Å²) in [6.07, 6.45) is 5.18. The number of carbonyl (C=O) groups is 2. The fraction of sp³-hybridized carbons (Fsp3) is 0.440. The normalized spacial score (nSPS) is 18.5. The van der Waals surface area contributed by atoms with Gasteiger partial charge in [0.2, 0.25) is 15.9 Å². The summed E-state index contributed by atoms with van der Waals surface area (Å²) in [4.78, 5) is 28.3. The highest BCUT2D eigenvalue weighted by atomic mass is 32.2. The minimum absolute atomic E-state index is 0.0448. The van der Waals surface area contributed by atoms with E-state index in [1.165, 1.54) is 4.31 Å². The van der Waals surface area contributed by atoms with Crippen LogP contribution in [0.25, 0.3) is 0 Å². The molecule has 8 heteroatoms. The number of para-hydroxylation sites is 1. The maximum Gasteiger partial charge on any atom is 0.255 e. The number of nitrogens with zero attached hydrogens (tertiary/aromatic N) is 2. The van der Waals surface area contributed by atoms with Crippen LogP contribution in [0.15, 0.2) is 59.5 Å². The molecule has 2 aliphatic rings. The number of hydrogen-bond donors (Lipinski definition) is 1. The largest absolute Gasteiger partial charge is 0.339 e. The number of likely N-dealkylation sites (tertiary alicyclic amines) is 1. The van der Waals surface area contributed by atoms with Crippen molar-refractivity contribution in [2.75, 3.05) is 31.5 Å². The van der Waals surface area contributed by atoms with Crippen molar-refractivity contribution in [2.45, 2.75) is 43.4 Å². The number of hydrogen-bond acceptors (Lipinski definition) is 4. The van der Waals surface area contributed by atoms with Crippen LogP contribution in [0, 0.1) is 5.92 Å². The molecule has 2 amide bonds. The van der Waals surface area contributed by atoms with Gasteiger partial charge in [-0.2, -0.15) is 4.31 Å². The molecule has 0 saturated carbocycles. The zero-order valence-electron chi connectivity index (χ0n) is 18.8. The van der Waals surface area contributed by atoms with Crippen molar-refractivity contribution in [3.63, 3.8) is 0 Å². The van der Waals surface area contributed by atoms with Gasteiger partial charge in [0.1, 0.15) is 0 Å². The Hall–Kier alpha value is -2.71. The first kappa shape index (κ1) is 23.4. The number of nitrogens with one attached hydrogen (secondary N) is 1. The predicted molar refractivity (Wildman–Crippen MR) is 127 cm³/mol. The molecule has 0 spiro atoms. The lowest BCUT2D eigenvalue weighted by molar-refractivity contribution is -0.120. The SMILES string of the molecule is O=C(Nc1ccccc1C(=O)N1CCCCCC1)C1CCN(S(=O)(=O)c2ccccc2)CC1. The maximum absolute atomic E-state index is 13.1. The first-order chi connectivity index (χ1) is 16.0. The Morgan fingerprint density at radius 2 is 1.39 bits per heavy atom. The number of carbonyl (C=O) groups excluding carboxylic acids is 2. The fourth-order valence-corrected chi connectivity index (χ4v) is 6.05. The van der Waals surface area contributed by atoms with E-state index in [9.17, 15) is 18.0 Å². The minimum Gasteiger partial charge on any atom is -0.339 e. The van der Waals surface area contributed by atoms with Gasteiger partial charge < -0.3 is 10.2 Å². The standard InChI is InChI=1S/C25H31N3O4S/c29-24(20-14-18-28(19-15-20)33(31,32)21-10-4-3-5-11-21)26-23-13-7-6-12-22(23)25(30)27-16-8-1-2-9-17-27/h3-7,10-13,20H,1-2,8-9,14-19H2,(H,26,29). The third-order valence-corrected chi connectivity index (χ3v) is 8.43. The molecule has 2 heterocycles. The lowest BCUT2D eigenvalue weighted by Crippen LogP contribution is -2.41. The summed E-state index contributed by atoms with van der Waals surface area (Å²) < 4.78 is 27.1. The Labute approximate surface area is 195 Å². The Morgan fingerprint density at radius 1 is 0.788 bits per heavy atom. The van der Waals surface area contributed by atoms with Crippen molar-refractivity contribution < 1.29 is 18.0 Å². The van der Waals surface area contributed by atoms with Crippen LogP contribution in [0.3, 0.4) is 0 Å². The van der Waals surface area contributed by atoms with E-state index in [1.54, 1.807) is 42.5 Å². The van der Waals surface area contributed by atoms with Gasteiger partial charge in [0, 0.05) is 32.1 Å². The summed E-state index contributed by atoms with van der Waals surface area (Å²) in [6, 6.07) is 15.5. The average molecular weight is 470 g/mol. The molecule has 0 unspecified atom stereocenters. The molecule has 1 N–H and O–H groups in total. The topological polar surface area (TPSA) is 86.8 Å². The smallest absolute Gasteiger partial charge is 0.255 e. The van der Waals surface area contributed by atoms with Crippen molar-refractivity contribution in [1.29, 1.82) is 0 Å². The summed E-state index contributed by atoms with van der Waals surface area (Å²) in [7, 11) is -3.55. The third kappa shape index (κ3) is 5.45. The highest BCUT2D eigenvalue weighted by molar-refractivity contribution is 7.89. The van der Waals surface area contributed by atoms with E-state index >= 15 is 0 Å². The van der Waals surface area contributed by atoms with Crippen LogP contribution in [0.4, 0.5) is 5.69 Å². The van der Waals surface area contributed by atoms with Crippen LogP contribution in [0.2, 0.25) is 0 Å². The van der Waals surface area contributed by atoms with Crippen LogP contribution < -0.4 is 5.32 Å². The van der Waals surface area contributed by atoms with E-state index in [4.69, 9.17) is 0 Å². The zero-order valence-corrected chi connectivity index (χ0v) is 19.6. The van der Waals surface area contributed by atoms with Gasteiger partial charge in [0.05, 0.1) is 16.1 Å². The van der Waals surface area contributed by atoms with E-state index in [1.807, 2.05) is 17.0 Å².